The van der Waals surface area contributed by atoms with Crippen LogP contribution in [0.3, 0.4) is 0 Å². The topological polar surface area (TPSA) is 80.4 Å². The monoisotopic (exact) mass is 187 g/mol. The first-order chi connectivity index (χ1) is 5.41. The van der Waals surface area contributed by atoms with E-state index in [2.05, 4.69) is 0 Å². The van der Waals surface area contributed by atoms with E-state index in [1.165, 1.54) is 18.2 Å². The summed E-state index contributed by atoms with van der Waals surface area (Å²) >= 11 is 0. The Hall–Kier alpha value is -1.07. The highest BCUT2D eigenvalue weighted by atomic mass is 32.2. The predicted molar refractivity (Wildman–Crippen MR) is 44.2 cm³/mol. The molecule has 5 heteroatoms. The van der Waals surface area contributed by atoms with Gasteiger partial charge in [0.15, 0.2) is 0 Å². The Morgan fingerprint density at radius 1 is 1.42 bits per heavy atom. The first kappa shape index (κ1) is 9.02. The maximum absolute atomic E-state index is 10.8. The van der Waals surface area contributed by atoms with Gasteiger partial charge < -0.3 is 5.11 Å². The number of phenolic OH excluding ortho intramolecular Hbond substituents is 1. The van der Waals surface area contributed by atoms with Gasteiger partial charge in [0.1, 0.15) is 5.75 Å². The number of nitrogens with two attached hydrogens (primary N) is 1. The Balaban J connectivity index is 3.33. The van der Waals surface area contributed by atoms with E-state index in [0.717, 1.165) is 0 Å². The molecule has 12 heavy (non-hydrogen) atoms. The lowest BCUT2D eigenvalue weighted by Crippen LogP contribution is -2.11. The molecule has 0 aliphatic carbocycles. The third kappa shape index (κ3) is 1.75. The lowest BCUT2D eigenvalue weighted by molar-refractivity contribution is 0.470. The van der Waals surface area contributed by atoms with Crippen molar-refractivity contribution >= 4 is 10.0 Å². The van der Waals surface area contributed by atoms with E-state index in [0.29, 0.717) is 5.56 Å². The van der Waals surface area contributed by atoms with E-state index in [9.17, 15) is 8.42 Å². The second-order valence-electron chi connectivity index (χ2n) is 2.49. The molecule has 0 unspecified atom stereocenters. The molecule has 0 spiro atoms. The van der Waals surface area contributed by atoms with Gasteiger partial charge in [-0.3, -0.25) is 0 Å². The SMILES string of the molecule is Cc1cc(S(N)(=O)=O)ccc1O. The minimum Gasteiger partial charge on any atom is -0.508 e. The number of rotatable bonds is 1. The third-order valence-electron chi connectivity index (χ3n) is 1.50. The highest BCUT2D eigenvalue weighted by Gasteiger charge is 2.08. The molecule has 0 heterocycles. The quantitative estimate of drug-likeness (QED) is 0.665. The minimum absolute atomic E-state index is 0.0119. The Morgan fingerprint density at radius 3 is 2.42 bits per heavy atom. The van der Waals surface area contributed by atoms with E-state index in [1.807, 2.05) is 0 Å². The maximum Gasteiger partial charge on any atom is 0.238 e. The molecule has 0 saturated carbocycles. The molecule has 1 aromatic rings. The highest BCUT2D eigenvalue weighted by Crippen LogP contribution is 2.18. The van der Waals surface area contributed by atoms with E-state index in [1.54, 1.807) is 6.92 Å². The third-order valence-corrected chi connectivity index (χ3v) is 2.41. The summed E-state index contributed by atoms with van der Waals surface area (Å²) in [4.78, 5) is 0.0119. The number of benzene rings is 1. The maximum atomic E-state index is 10.8. The predicted octanol–water partition coefficient (Wildman–Crippen LogP) is 0.348. The van der Waals surface area contributed by atoms with Crippen LogP contribution in [0.2, 0.25) is 0 Å². The van der Waals surface area contributed by atoms with Gasteiger partial charge in [-0.25, -0.2) is 13.6 Å². The van der Waals surface area contributed by atoms with E-state index in [4.69, 9.17) is 10.2 Å². The molecule has 0 amide bonds. The van der Waals surface area contributed by atoms with Crippen molar-refractivity contribution in [3.05, 3.63) is 23.8 Å². The lowest BCUT2D eigenvalue weighted by Gasteiger charge is -2.00. The van der Waals surface area contributed by atoms with Crippen LogP contribution >= 0.6 is 0 Å². The molecule has 0 aliphatic heterocycles. The molecule has 0 fully saturated rings. The second-order valence-corrected chi connectivity index (χ2v) is 4.05. The van der Waals surface area contributed by atoms with Crippen LogP contribution in [-0.2, 0) is 10.0 Å². The van der Waals surface area contributed by atoms with Gasteiger partial charge in [0, 0.05) is 0 Å². The normalized spacial score (nSPS) is 11.5. The summed E-state index contributed by atoms with van der Waals surface area (Å²) in [5.74, 6) is 0.0578. The summed E-state index contributed by atoms with van der Waals surface area (Å²) in [6.45, 7) is 1.60. The second kappa shape index (κ2) is 2.76. The van der Waals surface area contributed by atoms with Crippen molar-refractivity contribution in [3.63, 3.8) is 0 Å². The van der Waals surface area contributed by atoms with Crippen molar-refractivity contribution in [2.75, 3.05) is 0 Å². The van der Waals surface area contributed by atoms with Crippen molar-refractivity contribution in [2.24, 2.45) is 5.14 Å². The summed E-state index contributed by atoms with van der Waals surface area (Å²) in [6, 6.07) is 3.89. The number of primary sulfonamides is 1. The van der Waals surface area contributed by atoms with Crippen molar-refractivity contribution in [3.8, 4) is 5.75 Å². The van der Waals surface area contributed by atoms with Gasteiger partial charge in [-0.05, 0) is 30.7 Å². The van der Waals surface area contributed by atoms with Crippen LogP contribution in [0.1, 0.15) is 5.56 Å². The van der Waals surface area contributed by atoms with Gasteiger partial charge in [-0.2, -0.15) is 0 Å². The number of hydrogen-bond acceptors (Lipinski definition) is 3. The smallest absolute Gasteiger partial charge is 0.238 e. The van der Waals surface area contributed by atoms with Crippen molar-refractivity contribution < 1.29 is 13.5 Å². The Kier molecular flexibility index (Phi) is 2.08. The molecule has 4 nitrogen and oxygen atoms in total. The first-order valence-corrected chi connectivity index (χ1v) is 4.78. The molecule has 0 radical (unpaired) electrons. The largest absolute Gasteiger partial charge is 0.508 e. The van der Waals surface area contributed by atoms with E-state index in [-0.39, 0.29) is 10.6 Å². The molecule has 0 saturated heterocycles. The molecule has 3 N–H and O–H groups in total. The molecule has 0 atom stereocenters. The van der Waals surface area contributed by atoms with E-state index >= 15 is 0 Å². The zero-order valence-electron chi connectivity index (χ0n) is 6.48. The van der Waals surface area contributed by atoms with Crippen LogP contribution in [0.25, 0.3) is 0 Å². The molecule has 66 valence electrons. The molecule has 1 rings (SSSR count). The zero-order chi connectivity index (χ0) is 9.35. The fraction of sp³-hybridized carbons (Fsp3) is 0.143. The number of sulfonamides is 1. The average Bonchev–Trinajstić information content (AvgIpc) is 1.92. The summed E-state index contributed by atoms with van der Waals surface area (Å²) in [5.41, 5.74) is 0.488. The van der Waals surface area contributed by atoms with Gasteiger partial charge >= 0.3 is 0 Å². The fourth-order valence-electron chi connectivity index (χ4n) is 0.805. The van der Waals surface area contributed by atoms with Crippen LogP contribution < -0.4 is 5.14 Å². The van der Waals surface area contributed by atoms with Gasteiger partial charge in [0.2, 0.25) is 10.0 Å². The Morgan fingerprint density at radius 2 is 2.00 bits per heavy atom. The van der Waals surface area contributed by atoms with Gasteiger partial charge in [0.25, 0.3) is 0 Å². The highest BCUT2D eigenvalue weighted by molar-refractivity contribution is 7.89. The molecule has 1 aromatic carbocycles. The van der Waals surface area contributed by atoms with Gasteiger partial charge in [-0.15, -0.1) is 0 Å². The number of phenols is 1. The molecule has 0 aromatic heterocycles. The van der Waals surface area contributed by atoms with Gasteiger partial charge in [-0.1, -0.05) is 0 Å². The number of aromatic hydroxyl groups is 1. The average molecular weight is 187 g/mol. The summed E-state index contributed by atoms with van der Waals surface area (Å²) in [5, 5.41) is 13.9. The number of aryl methyl sites for hydroxylation is 1. The van der Waals surface area contributed by atoms with Crippen LogP contribution in [-0.4, -0.2) is 13.5 Å². The summed E-state index contributed by atoms with van der Waals surface area (Å²) < 4.78 is 21.6. The van der Waals surface area contributed by atoms with Crippen LogP contribution in [0.5, 0.6) is 5.75 Å². The fourth-order valence-corrected chi connectivity index (χ4v) is 1.40. The number of hydrogen-bond donors (Lipinski definition) is 2. The van der Waals surface area contributed by atoms with Crippen LogP contribution in [0.15, 0.2) is 23.1 Å². The standard InChI is InChI=1S/C7H9NO3S/c1-5-4-6(12(8,10)11)2-3-7(5)9/h2-4,9H,1H3,(H2,8,10,11). The van der Waals surface area contributed by atoms with Crippen molar-refractivity contribution in [1.29, 1.82) is 0 Å². The van der Waals surface area contributed by atoms with Crippen molar-refractivity contribution in [2.45, 2.75) is 11.8 Å². The van der Waals surface area contributed by atoms with Crippen LogP contribution in [0, 0.1) is 6.92 Å². The Labute approximate surface area is 70.7 Å². The summed E-state index contributed by atoms with van der Waals surface area (Å²) in [6.07, 6.45) is 0. The summed E-state index contributed by atoms with van der Waals surface area (Å²) in [7, 11) is -3.65. The van der Waals surface area contributed by atoms with E-state index < -0.39 is 10.0 Å². The molecular weight excluding hydrogens is 178 g/mol. The molecular formula is C7H9NO3S. The van der Waals surface area contributed by atoms with Crippen molar-refractivity contribution in [1.82, 2.24) is 0 Å². The van der Waals surface area contributed by atoms with Crippen LogP contribution in [0.4, 0.5) is 0 Å². The molecule has 0 aliphatic rings. The minimum atomic E-state index is -3.65. The Bertz CT molecular complexity index is 397. The molecule has 0 bridgehead atoms. The lowest BCUT2D eigenvalue weighted by atomic mass is 10.2. The van der Waals surface area contributed by atoms with Gasteiger partial charge in [0.05, 0.1) is 4.90 Å². The first-order valence-electron chi connectivity index (χ1n) is 3.23. The zero-order valence-corrected chi connectivity index (χ0v) is 7.30.